The summed E-state index contributed by atoms with van der Waals surface area (Å²) in [5, 5.41) is 12.1. The van der Waals surface area contributed by atoms with Gasteiger partial charge in [-0.15, -0.1) is 0 Å². The summed E-state index contributed by atoms with van der Waals surface area (Å²) in [4.78, 5) is 12.5. The molecular formula is C20H19BrN2O4. The van der Waals surface area contributed by atoms with Crippen LogP contribution in [0.5, 0.6) is 17.2 Å². The zero-order valence-electron chi connectivity index (χ0n) is 15.2. The first-order valence-electron chi connectivity index (χ1n) is 8.09. The fourth-order valence-corrected chi connectivity index (χ4v) is 2.82. The van der Waals surface area contributed by atoms with Crippen LogP contribution < -0.4 is 19.5 Å². The molecule has 0 saturated carbocycles. The van der Waals surface area contributed by atoms with Crippen molar-refractivity contribution in [3.63, 3.8) is 0 Å². The number of hydrogen-bond acceptors (Lipinski definition) is 5. The maximum absolute atomic E-state index is 12.5. The van der Waals surface area contributed by atoms with Gasteiger partial charge < -0.3 is 19.5 Å². The van der Waals surface area contributed by atoms with E-state index in [2.05, 4.69) is 21.2 Å². The summed E-state index contributed by atoms with van der Waals surface area (Å²) >= 11 is 3.39. The quantitative estimate of drug-likeness (QED) is 0.519. The van der Waals surface area contributed by atoms with E-state index in [-0.39, 0.29) is 5.57 Å². The molecule has 27 heavy (non-hydrogen) atoms. The number of nitrogens with zero attached hydrogens (tertiary/aromatic N) is 1. The first-order valence-corrected chi connectivity index (χ1v) is 8.89. The highest BCUT2D eigenvalue weighted by Gasteiger charge is 2.13. The zero-order valence-corrected chi connectivity index (χ0v) is 16.8. The molecule has 0 aromatic heterocycles. The number of methoxy groups -OCH3 is 2. The lowest BCUT2D eigenvalue weighted by atomic mass is 10.1. The molecule has 0 fully saturated rings. The first-order chi connectivity index (χ1) is 13.0. The highest BCUT2D eigenvalue weighted by atomic mass is 79.9. The molecule has 7 heteroatoms. The van der Waals surface area contributed by atoms with Gasteiger partial charge in [0.15, 0.2) is 0 Å². The molecule has 0 saturated heterocycles. The summed E-state index contributed by atoms with van der Waals surface area (Å²) in [5.74, 6) is 1.26. The Morgan fingerprint density at radius 3 is 2.41 bits per heavy atom. The molecule has 0 aliphatic heterocycles. The van der Waals surface area contributed by atoms with E-state index in [1.807, 2.05) is 13.0 Å². The second-order valence-electron chi connectivity index (χ2n) is 5.31. The molecule has 0 unspecified atom stereocenters. The van der Waals surface area contributed by atoms with Crippen molar-refractivity contribution in [3.8, 4) is 23.3 Å². The lowest BCUT2D eigenvalue weighted by Crippen LogP contribution is -2.13. The Kier molecular flexibility index (Phi) is 7.26. The minimum atomic E-state index is -0.518. The van der Waals surface area contributed by atoms with Crippen LogP contribution in [0.3, 0.4) is 0 Å². The van der Waals surface area contributed by atoms with E-state index in [1.54, 1.807) is 43.5 Å². The van der Waals surface area contributed by atoms with Crippen molar-refractivity contribution in [1.29, 1.82) is 5.26 Å². The number of amides is 1. The van der Waals surface area contributed by atoms with Crippen molar-refractivity contribution in [1.82, 2.24) is 0 Å². The number of anilines is 1. The molecule has 2 aromatic rings. The number of ether oxygens (including phenoxy) is 3. The van der Waals surface area contributed by atoms with E-state index < -0.39 is 5.91 Å². The molecule has 0 aliphatic rings. The number of carbonyl (C=O) groups is 1. The molecule has 1 N–H and O–H groups in total. The molecule has 2 aromatic carbocycles. The normalized spacial score (nSPS) is 10.7. The largest absolute Gasteiger partial charge is 0.496 e. The van der Waals surface area contributed by atoms with Crippen LogP contribution in [0.1, 0.15) is 12.5 Å². The number of rotatable bonds is 7. The Bertz CT molecular complexity index is 886. The molecule has 0 aliphatic carbocycles. The molecule has 0 heterocycles. The first kappa shape index (κ1) is 20.3. The van der Waals surface area contributed by atoms with Gasteiger partial charge in [0, 0.05) is 17.3 Å². The lowest BCUT2D eigenvalue weighted by molar-refractivity contribution is -0.112. The van der Waals surface area contributed by atoms with E-state index in [0.717, 1.165) is 0 Å². The van der Waals surface area contributed by atoms with Gasteiger partial charge in [0.25, 0.3) is 5.91 Å². The van der Waals surface area contributed by atoms with Crippen molar-refractivity contribution in [2.24, 2.45) is 0 Å². The Morgan fingerprint density at radius 1 is 1.19 bits per heavy atom. The van der Waals surface area contributed by atoms with Gasteiger partial charge in [0.2, 0.25) is 0 Å². The van der Waals surface area contributed by atoms with E-state index in [0.29, 0.717) is 39.6 Å². The molecule has 0 atom stereocenters. The second kappa shape index (κ2) is 9.64. The number of nitrogens with one attached hydrogen (secondary N) is 1. The van der Waals surface area contributed by atoms with Gasteiger partial charge in [0.05, 0.1) is 25.3 Å². The van der Waals surface area contributed by atoms with E-state index in [1.165, 1.54) is 13.2 Å². The molecule has 0 bridgehead atoms. The Morgan fingerprint density at radius 2 is 1.85 bits per heavy atom. The van der Waals surface area contributed by atoms with Crippen molar-refractivity contribution in [2.75, 3.05) is 26.1 Å². The van der Waals surface area contributed by atoms with Crippen LogP contribution in [0.2, 0.25) is 0 Å². The predicted octanol–water partition coefficient (Wildman–Crippen LogP) is 4.41. The van der Waals surface area contributed by atoms with Crippen LogP contribution in [-0.4, -0.2) is 26.7 Å². The van der Waals surface area contributed by atoms with Crippen LogP contribution in [0.15, 0.2) is 46.4 Å². The Hall–Kier alpha value is -2.98. The molecule has 6 nitrogen and oxygen atoms in total. The number of nitriles is 1. The van der Waals surface area contributed by atoms with Gasteiger partial charge in [-0.25, -0.2) is 0 Å². The lowest BCUT2D eigenvalue weighted by Gasteiger charge is -2.10. The third-order valence-corrected chi connectivity index (χ3v) is 4.21. The molecule has 0 spiro atoms. The summed E-state index contributed by atoms with van der Waals surface area (Å²) in [6.07, 6.45) is 1.47. The molecule has 1 amide bonds. The number of hydrogen-bond donors (Lipinski definition) is 1. The number of carbonyl (C=O) groups excluding carboxylic acids is 1. The number of halogens is 1. The van der Waals surface area contributed by atoms with Gasteiger partial charge in [-0.05, 0) is 59.3 Å². The molecular weight excluding hydrogens is 412 g/mol. The SMILES string of the molecule is CCOc1ccc(NC(=O)/C(C#N)=C\c2cc(Br)c(OC)cc2OC)cc1. The highest BCUT2D eigenvalue weighted by Crippen LogP contribution is 2.34. The van der Waals surface area contributed by atoms with Crippen LogP contribution in [-0.2, 0) is 4.79 Å². The second-order valence-corrected chi connectivity index (χ2v) is 6.16. The van der Waals surface area contributed by atoms with Crippen LogP contribution in [0.4, 0.5) is 5.69 Å². The fourth-order valence-electron chi connectivity index (χ4n) is 2.30. The van der Waals surface area contributed by atoms with Crippen LogP contribution in [0, 0.1) is 11.3 Å². The summed E-state index contributed by atoms with van der Waals surface area (Å²) in [5.41, 5.74) is 1.08. The Labute approximate surface area is 166 Å². The maximum Gasteiger partial charge on any atom is 0.266 e. The van der Waals surface area contributed by atoms with Gasteiger partial charge in [-0.3, -0.25) is 4.79 Å². The highest BCUT2D eigenvalue weighted by molar-refractivity contribution is 9.10. The van der Waals surface area contributed by atoms with Gasteiger partial charge in [0.1, 0.15) is 28.9 Å². The van der Waals surface area contributed by atoms with E-state index >= 15 is 0 Å². The summed E-state index contributed by atoms with van der Waals surface area (Å²) in [6, 6.07) is 12.2. The number of benzene rings is 2. The predicted molar refractivity (Wildman–Crippen MR) is 107 cm³/mol. The van der Waals surface area contributed by atoms with Crippen molar-refractivity contribution >= 4 is 33.6 Å². The summed E-state index contributed by atoms with van der Waals surface area (Å²) < 4.78 is 16.6. The summed E-state index contributed by atoms with van der Waals surface area (Å²) in [7, 11) is 3.05. The van der Waals surface area contributed by atoms with Crippen molar-refractivity contribution < 1.29 is 19.0 Å². The van der Waals surface area contributed by atoms with Crippen molar-refractivity contribution in [2.45, 2.75) is 6.92 Å². The minimum Gasteiger partial charge on any atom is -0.496 e. The summed E-state index contributed by atoms with van der Waals surface area (Å²) in [6.45, 7) is 2.46. The Balaban J connectivity index is 2.26. The molecule has 0 radical (unpaired) electrons. The maximum atomic E-state index is 12.5. The van der Waals surface area contributed by atoms with Crippen molar-refractivity contribution in [3.05, 3.63) is 52.0 Å². The van der Waals surface area contributed by atoms with Crippen LogP contribution >= 0.6 is 15.9 Å². The average molecular weight is 431 g/mol. The monoisotopic (exact) mass is 430 g/mol. The third-order valence-electron chi connectivity index (χ3n) is 3.59. The smallest absolute Gasteiger partial charge is 0.266 e. The topological polar surface area (TPSA) is 80.6 Å². The van der Waals surface area contributed by atoms with Crippen LogP contribution in [0.25, 0.3) is 6.08 Å². The van der Waals surface area contributed by atoms with E-state index in [9.17, 15) is 10.1 Å². The zero-order chi connectivity index (χ0) is 19.8. The third kappa shape index (κ3) is 5.25. The van der Waals surface area contributed by atoms with Gasteiger partial charge in [-0.2, -0.15) is 5.26 Å². The van der Waals surface area contributed by atoms with E-state index in [4.69, 9.17) is 14.2 Å². The fraction of sp³-hybridized carbons (Fsp3) is 0.200. The molecule has 2 rings (SSSR count). The van der Waals surface area contributed by atoms with Gasteiger partial charge in [-0.1, -0.05) is 0 Å². The molecule has 140 valence electrons. The minimum absolute atomic E-state index is 0.0562. The standard InChI is InChI=1S/C20H19BrN2O4/c1-4-27-16-7-5-15(6-8-16)23-20(24)14(12-22)9-13-10-17(21)19(26-3)11-18(13)25-2/h5-11H,4H2,1-3H3,(H,23,24)/b14-9-. The van der Waals surface area contributed by atoms with Gasteiger partial charge >= 0.3 is 0 Å². The average Bonchev–Trinajstić information content (AvgIpc) is 2.67.